The molecule has 2 heterocycles. The summed E-state index contributed by atoms with van der Waals surface area (Å²) in [6.07, 6.45) is 5.15. The van der Waals surface area contributed by atoms with Gasteiger partial charge < -0.3 is 32.2 Å². The van der Waals surface area contributed by atoms with Gasteiger partial charge in [0.25, 0.3) is 5.91 Å². The minimum atomic E-state index is -1.07. The number of nitrogens with two attached hydrogens (primary N) is 2. The van der Waals surface area contributed by atoms with E-state index in [-0.39, 0.29) is 47.2 Å². The van der Waals surface area contributed by atoms with Crippen molar-refractivity contribution in [2.24, 2.45) is 0 Å². The van der Waals surface area contributed by atoms with E-state index < -0.39 is 17.9 Å². The Morgan fingerprint density at radius 3 is 2.22 bits per heavy atom. The van der Waals surface area contributed by atoms with Crippen LogP contribution in [0, 0.1) is 5.41 Å². The van der Waals surface area contributed by atoms with E-state index in [9.17, 15) is 19.5 Å². The maximum absolute atomic E-state index is 12.7. The number of aromatic amines is 1. The summed E-state index contributed by atoms with van der Waals surface area (Å²) in [4.78, 5) is 47.6. The molecular weight excluding hydrogens is 658 g/mol. The van der Waals surface area contributed by atoms with E-state index in [0.717, 1.165) is 52.4 Å². The van der Waals surface area contributed by atoms with Crippen molar-refractivity contribution in [3.05, 3.63) is 107 Å². The largest absolute Gasteiger partial charge is 0.480 e. The Bertz CT molecular complexity index is 2000. The molecule has 13 nitrogen and oxygen atoms in total. The van der Waals surface area contributed by atoms with Gasteiger partial charge in [-0.15, -0.1) is 0 Å². The maximum atomic E-state index is 12.7. The SMILES string of the molecule is N=C(NCCCCc1ccc(-c2ccc(CCC(=O)NC(Cc3c[nH]c4ccccc34)C(=O)O)cc2)cc1)NC(=O)c1nc(Cl)c(N)nc1N. The zero-order chi connectivity index (χ0) is 35.6. The van der Waals surface area contributed by atoms with Crippen LogP contribution in [0.3, 0.4) is 0 Å². The lowest BCUT2D eigenvalue weighted by molar-refractivity contribution is -0.141. The molecule has 10 N–H and O–H groups in total. The Morgan fingerprint density at radius 1 is 0.880 bits per heavy atom. The van der Waals surface area contributed by atoms with E-state index in [1.807, 2.05) is 48.5 Å². The minimum Gasteiger partial charge on any atom is -0.480 e. The van der Waals surface area contributed by atoms with Gasteiger partial charge in [-0.2, -0.15) is 0 Å². The van der Waals surface area contributed by atoms with Crippen molar-refractivity contribution < 1.29 is 19.5 Å². The van der Waals surface area contributed by atoms with Crippen molar-refractivity contribution in [2.75, 3.05) is 18.0 Å². The molecule has 50 heavy (non-hydrogen) atoms. The zero-order valence-corrected chi connectivity index (χ0v) is 27.9. The Balaban J connectivity index is 1.01. The van der Waals surface area contributed by atoms with Gasteiger partial charge in [0, 0.05) is 36.5 Å². The molecule has 0 fully saturated rings. The Hall–Kier alpha value is -5.95. The van der Waals surface area contributed by atoms with Crippen LogP contribution in [0.25, 0.3) is 22.0 Å². The lowest BCUT2D eigenvalue weighted by Gasteiger charge is -2.14. The average Bonchev–Trinajstić information content (AvgIpc) is 3.51. The van der Waals surface area contributed by atoms with E-state index in [4.69, 9.17) is 28.5 Å². The van der Waals surface area contributed by atoms with Gasteiger partial charge in [0.15, 0.2) is 28.4 Å². The average molecular weight is 696 g/mol. The third-order valence-corrected chi connectivity index (χ3v) is 8.44. The molecule has 0 radical (unpaired) electrons. The van der Waals surface area contributed by atoms with E-state index in [1.165, 1.54) is 5.56 Å². The number of aryl methyl sites for hydroxylation is 2. The number of nitrogens with one attached hydrogen (secondary N) is 5. The summed E-state index contributed by atoms with van der Waals surface area (Å²) >= 11 is 5.81. The number of rotatable bonds is 14. The van der Waals surface area contributed by atoms with Gasteiger partial charge in [-0.3, -0.25) is 20.3 Å². The quantitative estimate of drug-likeness (QED) is 0.0465. The highest BCUT2D eigenvalue weighted by Crippen LogP contribution is 2.22. The molecule has 14 heteroatoms. The van der Waals surface area contributed by atoms with Gasteiger partial charge in [0.2, 0.25) is 5.91 Å². The van der Waals surface area contributed by atoms with Crippen LogP contribution in [0.2, 0.25) is 5.15 Å². The second-order valence-corrected chi connectivity index (χ2v) is 12.1. The van der Waals surface area contributed by atoms with Crippen molar-refractivity contribution in [3.8, 4) is 11.1 Å². The number of anilines is 2. The Morgan fingerprint density at radius 2 is 1.54 bits per heavy atom. The summed E-state index contributed by atoms with van der Waals surface area (Å²) in [6, 6.07) is 23.0. The van der Waals surface area contributed by atoms with Gasteiger partial charge in [-0.05, 0) is 59.6 Å². The second-order valence-electron chi connectivity index (χ2n) is 11.8. The number of carboxylic acids is 1. The summed E-state index contributed by atoms with van der Waals surface area (Å²) in [5, 5.41) is 26.4. The molecule has 0 aliphatic heterocycles. The first-order chi connectivity index (χ1) is 24.1. The normalized spacial score (nSPS) is 11.5. The lowest BCUT2D eigenvalue weighted by atomic mass is 9.99. The molecule has 5 rings (SSSR count). The third kappa shape index (κ3) is 9.35. The standard InChI is InChI=1S/C36H38ClN9O4/c37-31-33(39)45-32(38)30(44-31)34(48)46-36(40)41-18-4-3-5-21-8-13-23(14-9-21)24-15-10-22(11-16-24)12-17-29(47)43-28(35(49)50)19-25-20-42-27-7-2-1-6-26(25)27/h1-2,6-11,13-16,20,28,42H,3-5,12,17-19H2,(H,43,47)(H,49,50)(H4,38,39,45)(H3,40,41,46,48). The molecule has 2 aromatic heterocycles. The number of guanidine groups is 1. The molecule has 2 amide bonds. The van der Waals surface area contributed by atoms with Crippen molar-refractivity contribution in [1.29, 1.82) is 5.41 Å². The molecule has 0 saturated carbocycles. The Labute approximate surface area is 293 Å². The van der Waals surface area contributed by atoms with Crippen molar-refractivity contribution in [3.63, 3.8) is 0 Å². The topological polar surface area (TPSA) is 225 Å². The van der Waals surface area contributed by atoms with Crippen LogP contribution in [-0.2, 0) is 28.9 Å². The number of aliphatic carboxylic acids is 1. The number of aromatic nitrogens is 3. The van der Waals surface area contributed by atoms with Gasteiger partial charge in [0.05, 0.1) is 0 Å². The third-order valence-electron chi connectivity index (χ3n) is 8.17. The number of carbonyl (C=O) groups is 3. The van der Waals surface area contributed by atoms with E-state index in [1.54, 1.807) is 6.20 Å². The van der Waals surface area contributed by atoms with Crippen LogP contribution >= 0.6 is 11.6 Å². The van der Waals surface area contributed by atoms with Crippen LogP contribution < -0.4 is 27.4 Å². The van der Waals surface area contributed by atoms with Crippen LogP contribution in [0.4, 0.5) is 11.6 Å². The zero-order valence-electron chi connectivity index (χ0n) is 27.1. The molecule has 3 aromatic carbocycles. The first kappa shape index (κ1) is 35.4. The monoisotopic (exact) mass is 695 g/mol. The van der Waals surface area contributed by atoms with Crippen molar-refractivity contribution in [1.82, 2.24) is 30.9 Å². The van der Waals surface area contributed by atoms with Gasteiger partial charge in [-0.25, -0.2) is 14.8 Å². The fourth-order valence-corrected chi connectivity index (χ4v) is 5.59. The molecule has 0 spiro atoms. The van der Waals surface area contributed by atoms with E-state index in [2.05, 4.69) is 55.2 Å². The van der Waals surface area contributed by atoms with Gasteiger partial charge >= 0.3 is 5.97 Å². The number of fused-ring (bicyclic) bond motifs is 1. The molecule has 1 atom stereocenters. The summed E-state index contributed by atoms with van der Waals surface area (Å²) in [6.45, 7) is 0.486. The number of nitrogens with zero attached hydrogens (tertiary/aromatic N) is 2. The molecule has 0 saturated heterocycles. The lowest BCUT2D eigenvalue weighted by Crippen LogP contribution is -2.42. The fraction of sp³-hybridized carbons (Fsp3) is 0.222. The van der Waals surface area contributed by atoms with Crippen LogP contribution in [0.1, 0.15) is 46.4 Å². The summed E-state index contributed by atoms with van der Waals surface area (Å²) < 4.78 is 0. The fourth-order valence-electron chi connectivity index (χ4n) is 5.47. The first-order valence-electron chi connectivity index (χ1n) is 16.0. The van der Waals surface area contributed by atoms with Crippen LogP contribution in [-0.4, -0.2) is 56.4 Å². The predicted molar refractivity (Wildman–Crippen MR) is 194 cm³/mol. The molecular formula is C36H38ClN9O4. The number of benzene rings is 3. The molecule has 0 aliphatic rings. The Kier molecular flexibility index (Phi) is 11.6. The highest BCUT2D eigenvalue weighted by atomic mass is 35.5. The molecule has 0 bridgehead atoms. The minimum absolute atomic E-state index is 0.0814. The van der Waals surface area contributed by atoms with Crippen molar-refractivity contribution >= 4 is 57.9 Å². The number of nitrogen functional groups attached to an aromatic ring is 2. The highest BCUT2D eigenvalue weighted by Gasteiger charge is 2.22. The number of carboxylic acid groups (broad SMARTS) is 1. The van der Waals surface area contributed by atoms with Crippen molar-refractivity contribution in [2.45, 2.75) is 44.6 Å². The number of unbranched alkanes of at least 4 members (excludes halogenated alkanes) is 1. The number of H-pyrrole nitrogens is 1. The summed E-state index contributed by atoms with van der Waals surface area (Å²) in [5.41, 5.74) is 17.1. The number of carbonyl (C=O) groups excluding carboxylic acids is 2. The number of amides is 2. The number of hydrogen-bond acceptors (Lipinski definition) is 8. The molecule has 258 valence electrons. The van der Waals surface area contributed by atoms with E-state index >= 15 is 0 Å². The predicted octanol–water partition coefficient (Wildman–Crippen LogP) is 4.46. The number of para-hydroxylation sites is 1. The van der Waals surface area contributed by atoms with Gasteiger partial charge in [0.1, 0.15) is 6.04 Å². The smallest absolute Gasteiger partial charge is 0.326 e. The van der Waals surface area contributed by atoms with Crippen LogP contribution in [0.5, 0.6) is 0 Å². The maximum Gasteiger partial charge on any atom is 0.326 e. The highest BCUT2D eigenvalue weighted by molar-refractivity contribution is 6.31. The van der Waals surface area contributed by atoms with Gasteiger partial charge in [-0.1, -0.05) is 78.3 Å². The summed E-state index contributed by atoms with van der Waals surface area (Å²) in [7, 11) is 0. The first-order valence-corrected chi connectivity index (χ1v) is 16.4. The molecule has 5 aromatic rings. The number of halogens is 1. The summed E-state index contributed by atoms with van der Waals surface area (Å²) in [5.74, 6) is -2.53. The second kappa shape index (κ2) is 16.4. The molecule has 0 aliphatic carbocycles. The van der Waals surface area contributed by atoms with E-state index in [0.29, 0.717) is 13.0 Å². The van der Waals surface area contributed by atoms with Crippen LogP contribution in [0.15, 0.2) is 79.0 Å². The number of hydrogen-bond donors (Lipinski definition) is 8. The molecule has 1 unspecified atom stereocenters.